The van der Waals surface area contributed by atoms with Gasteiger partial charge < -0.3 is 9.64 Å². The van der Waals surface area contributed by atoms with Crippen LogP contribution in [0.4, 0.5) is 5.69 Å². The van der Waals surface area contributed by atoms with Crippen LogP contribution in [0.15, 0.2) is 29.2 Å². The zero-order valence-electron chi connectivity index (χ0n) is 16.0. The summed E-state index contributed by atoms with van der Waals surface area (Å²) in [6.07, 6.45) is 0.954. The molecule has 1 aromatic carbocycles. The topological polar surface area (TPSA) is 101 Å². The fourth-order valence-electron chi connectivity index (χ4n) is 4.25. The molecule has 29 heavy (non-hydrogen) atoms. The third-order valence-corrected chi connectivity index (χ3v) is 8.84. The molecule has 0 spiro atoms. The van der Waals surface area contributed by atoms with Gasteiger partial charge in [-0.05, 0) is 25.5 Å². The number of carbonyl (C=O) groups is 3. The van der Waals surface area contributed by atoms with Crippen molar-refractivity contribution in [3.63, 3.8) is 0 Å². The number of nitrogens with zero attached hydrogens (tertiary/aromatic N) is 2. The van der Waals surface area contributed by atoms with Crippen molar-refractivity contribution in [2.75, 3.05) is 29.6 Å². The molecule has 0 N–H and O–H groups in total. The van der Waals surface area contributed by atoms with Gasteiger partial charge in [-0.2, -0.15) is 0 Å². The van der Waals surface area contributed by atoms with E-state index >= 15 is 0 Å². The molecular weight excluding hydrogens is 416 g/mol. The van der Waals surface area contributed by atoms with E-state index in [4.69, 9.17) is 4.74 Å². The molecule has 2 saturated heterocycles. The summed E-state index contributed by atoms with van der Waals surface area (Å²) in [5, 5.41) is 0. The quantitative estimate of drug-likeness (QED) is 0.637. The lowest BCUT2D eigenvalue weighted by molar-refractivity contribution is -0.154. The number of rotatable bonds is 5. The summed E-state index contributed by atoms with van der Waals surface area (Å²) in [6.45, 7) is 1.64. The molecule has 2 fully saturated rings. The van der Waals surface area contributed by atoms with Gasteiger partial charge in [0, 0.05) is 30.3 Å². The summed E-state index contributed by atoms with van der Waals surface area (Å²) in [5.41, 5.74) is 0.689. The maximum Gasteiger partial charge on any atom is 0.344 e. The van der Waals surface area contributed by atoms with Crippen LogP contribution in [0.3, 0.4) is 0 Å². The first-order chi connectivity index (χ1) is 13.8. The van der Waals surface area contributed by atoms with Crippen molar-refractivity contribution in [3.8, 4) is 0 Å². The SMILES string of the molecule is CCN(C(=O)COC(=O)[C@@]12CCC(=O)N1c1ccccc1S2)[C@@H]1CCS(=O)(=O)C1. The van der Waals surface area contributed by atoms with Gasteiger partial charge in [0.1, 0.15) is 0 Å². The first-order valence-electron chi connectivity index (χ1n) is 9.55. The Labute approximate surface area is 173 Å². The Morgan fingerprint density at radius 1 is 1.34 bits per heavy atom. The van der Waals surface area contributed by atoms with Crippen LogP contribution in [0, 0.1) is 0 Å². The van der Waals surface area contributed by atoms with E-state index in [2.05, 4.69) is 0 Å². The number of thioether (sulfide) groups is 1. The van der Waals surface area contributed by atoms with Gasteiger partial charge >= 0.3 is 5.97 Å². The molecule has 8 nitrogen and oxygen atoms in total. The highest BCUT2D eigenvalue weighted by molar-refractivity contribution is 8.02. The second kappa shape index (κ2) is 7.32. The van der Waals surface area contributed by atoms with Crippen LogP contribution in [-0.4, -0.2) is 66.7 Å². The smallest absolute Gasteiger partial charge is 0.344 e. The van der Waals surface area contributed by atoms with Gasteiger partial charge in [0.15, 0.2) is 21.3 Å². The normalized spacial score (nSPS) is 26.9. The summed E-state index contributed by atoms with van der Waals surface area (Å²) in [6, 6.07) is 6.92. The molecule has 10 heteroatoms. The van der Waals surface area contributed by atoms with Crippen LogP contribution in [0.5, 0.6) is 0 Å². The highest BCUT2D eigenvalue weighted by Gasteiger charge is 2.58. The lowest BCUT2D eigenvalue weighted by Crippen LogP contribution is -2.49. The molecular formula is C19H22N2O6S2. The van der Waals surface area contributed by atoms with Gasteiger partial charge in [-0.25, -0.2) is 13.2 Å². The Bertz CT molecular complexity index is 979. The molecule has 3 aliphatic heterocycles. The minimum absolute atomic E-state index is 0.0576. The van der Waals surface area contributed by atoms with E-state index in [1.54, 1.807) is 13.0 Å². The summed E-state index contributed by atoms with van der Waals surface area (Å²) < 4.78 is 28.8. The lowest BCUT2D eigenvalue weighted by Gasteiger charge is -2.30. The molecule has 3 heterocycles. The van der Waals surface area contributed by atoms with Crippen molar-refractivity contribution in [2.24, 2.45) is 0 Å². The summed E-state index contributed by atoms with van der Waals surface area (Å²) >= 11 is 1.28. The Hall–Kier alpha value is -2.07. The number of hydrogen-bond donors (Lipinski definition) is 0. The average molecular weight is 439 g/mol. The van der Waals surface area contributed by atoms with Crippen molar-refractivity contribution in [1.29, 1.82) is 0 Å². The van der Waals surface area contributed by atoms with Crippen molar-refractivity contribution >= 4 is 45.1 Å². The predicted molar refractivity (Wildman–Crippen MR) is 107 cm³/mol. The van der Waals surface area contributed by atoms with Gasteiger partial charge in [-0.1, -0.05) is 23.9 Å². The first kappa shape index (κ1) is 20.2. The number of sulfone groups is 1. The third-order valence-electron chi connectivity index (χ3n) is 5.63. The number of hydrogen-bond acceptors (Lipinski definition) is 7. The van der Waals surface area contributed by atoms with E-state index in [1.807, 2.05) is 18.2 Å². The molecule has 2 atom stereocenters. The molecule has 4 rings (SSSR count). The number of anilines is 1. The molecule has 0 unspecified atom stereocenters. The van der Waals surface area contributed by atoms with Gasteiger partial charge in [-0.3, -0.25) is 14.5 Å². The van der Waals surface area contributed by atoms with Gasteiger partial charge in [0.25, 0.3) is 5.91 Å². The molecule has 1 aromatic rings. The minimum atomic E-state index is -3.13. The summed E-state index contributed by atoms with van der Waals surface area (Å²) in [7, 11) is -3.13. The van der Waals surface area contributed by atoms with Crippen LogP contribution in [0.2, 0.25) is 0 Å². The average Bonchev–Trinajstić information content (AvgIpc) is 3.32. The zero-order valence-corrected chi connectivity index (χ0v) is 17.6. The molecule has 0 radical (unpaired) electrons. The van der Waals surface area contributed by atoms with E-state index in [9.17, 15) is 22.8 Å². The van der Waals surface area contributed by atoms with Crippen molar-refractivity contribution in [1.82, 2.24) is 4.90 Å². The van der Waals surface area contributed by atoms with Crippen molar-refractivity contribution in [3.05, 3.63) is 24.3 Å². The molecule has 2 amide bonds. The molecule has 0 bridgehead atoms. The summed E-state index contributed by atoms with van der Waals surface area (Å²) in [5.74, 6) is -1.17. The number of para-hydroxylation sites is 1. The molecule has 0 aromatic heterocycles. The second-order valence-corrected chi connectivity index (χ2v) is 10.9. The van der Waals surface area contributed by atoms with E-state index < -0.39 is 33.2 Å². The van der Waals surface area contributed by atoms with Crippen molar-refractivity contribution < 1.29 is 27.5 Å². The fraction of sp³-hybridized carbons (Fsp3) is 0.526. The van der Waals surface area contributed by atoms with E-state index in [1.165, 1.54) is 21.6 Å². The number of ether oxygens (including phenoxy) is 1. The highest BCUT2D eigenvalue weighted by Crippen LogP contribution is 2.56. The first-order valence-corrected chi connectivity index (χ1v) is 12.2. The van der Waals surface area contributed by atoms with Gasteiger partial charge in [0.05, 0.1) is 17.2 Å². The minimum Gasteiger partial charge on any atom is -0.453 e. The number of amides is 2. The van der Waals surface area contributed by atoms with Gasteiger partial charge in [-0.15, -0.1) is 0 Å². The fourth-order valence-corrected chi connectivity index (χ4v) is 7.40. The predicted octanol–water partition coefficient (Wildman–Crippen LogP) is 1.19. The molecule has 0 saturated carbocycles. The van der Waals surface area contributed by atoms with E-state index in [0.29, 0.717) is 25.1 Å². The maximum atomic E-state index is 13.0. The van der Waals surface area contributed by atoms with Crippen LogP contribution in [-0.2, 0) is 29.0 Å². The van der Waals surface area contributed by atoms with Gasteiger partial charge in [0.2, 0.25) is 5.91 Å². The highest BCUT2D eigenvalue weighted by atomic mass is 32.2. The van der Waals surface area contributed by atoms with Crippen LogP contribution >= 0.6 is 11.8 Å². The Balaban J connectivity index is 1.46. The molecule has 0 aliphatic carbocycles. The number of benzene rings is 1. The van der Waals surface area contributed by atoms with Crippen LogP contribution < -0.4 is 4.90 Å². The van der Waals surface area contributed by atoms with E-state index in [-0.39, 0.29) is 29.9 Å². The standard InChI is InChI=1S/C19H22N2O6S2/c1-2-20(13-8-10-29(25,26)12-13)17(23)11-27-18(24)19-9-7-16(22)21(19)14-5-3-4-6-15(14)28-19/h3-6,13H,2,7-12H2,1H3/t13-,19+/m1/s1. The maximum absolute atomic E-state index is 13.0. The van der Waals surface area contributed by atoms with Crippen molar-refractivity contribution in [2.45, 2.75) is 42.0 Å². The van der Waals surface area contributed by atoms with Crippen LogP contribution in [0.1, 0.15) is 26.2 Å². The molecule has 156 valence electrons. The second-order valence-electron chi connectivity index (χ2n) is 7.40. The Kier molecular flexibility index (Phi) is 5.10. The van der Waals surface area contributed by atoms with E-state index in [0.717, 1.165) is 4.90 Å². The lowest BCUT2D eigenvalue weighted by atomic mass is 10.2. The third kappa shape index (κ3) is 3.42. The number of esters is 1. The Morgan fingerprint density at radius 2 is 2.10 bits per heavy atom. The molecule has 3 aliphatic rings. The summed E-state index contributed by atoms with van der Waals surface area (Å²) in [4.78, 5) is 40.7. The Morgan fingerprint density at radius 3 is 2.79 bits per heavy atom. The number of fused-ring (bicyclic) bond motifs is 3. The zero-order chi connectivity index (χ0) is 20.8. The number of likely N-dealkylation sites (N-methyl/N-ethyl adjacent to an activating group) is 1. The monoisotopic (exact) mass is 438 g/mol. The van der Waals surface area contributed by atoms with Crippen LogP contribution in [0.25, 0.3) is 0 Å². The largest absolute Gasteiger partial charge is 0.453 e. The number of carbonyl (C=O) groups excluding carboxylic acids is 3.